The smallest absolute Gasteiger partial charge is 0.161 e. The summed E-state index contributed by atoms with van der Waals surface area (Å²) in [7, 11) is 1.74. The van der Waals surface area contributed by atoms with E-state index in [0.29, 0.717) is 35.4 Å². The Kier molecular flexibility index (Phi) is 3.23. The van der Waals surface area contributed by atoms with Crippen molar-refractivity contribution in [3.8, 4) is 5.75 Å². The molecule has 6 atom stereocenters. The van der Waals surface area contributed by atoms with Gasteiger partial charge in [-0.3, -0.25) is 4.79 Å². The van der Waals surface area contributed by atoms with Gasteiger partial charge in [0.25, 0.3) is 0 Å². The minimum absolute atomic E-state index is 0.168. The average Bonchev–Trinajstić information content (AvgIpc) is 2.81. The Hall–Kier alpha value is -1.57. The maximum atomic E-state index is 12.5. The summed E-state index contributed by atoms with van der Waals surface area (Å²) in [6, 6.07) is 6.59. The molecule has 1 saturated carbocycles. The minimum atomic E-state index is -0.168. The van der Waals surface area contributed by atoms with Crippen LogP contribution in [0.4, 0.5) is 0 Å². The zero-order valence-electron chi connectivity index (χ0n) is 14.5. The van der Waals surface area contributed by atoms with Crippen molar-refractivity contribution in [2.45, 2.75) is 39.5 Å². The molecule has 0 saturated heterocycles. The maximum absolute atomic E-state index is 12.5. The Morgan fingerprint density at radius 1 is 1.22 bits per heavy atom. The third-order valence-electron chi connectivity index (χ3n) is 6.85. The number of carbonyl (C=O) groups is 1. The molecule has 0 amide bonds. The third-order valence-corrected chi connectivity index (χ3v) is 6.85. The summed E-state index contributed by atoms with van der Waals surface area (Å²) in [5.41, 5.74) is 2.77. The molecule has 2 nitrogen and oxygen atoms in total. The van der Waals surface area contributed by atoms with Crippen LogP contribution in [-0.2, 0) is 11.2 Å². The summed E-state index contributed by atoms with van der Waals surface area (Å²) in [5, 5.41) is 0. The van der Waals surface area contributed by atoms with Crippen molar-refractivity contribution in [1.82, 2.24) is 0 Å². The monoisotopic (exact) mass is 310 g/mol. The highest BCUT2D eigenvalue weighted by molar-refractivity contribution is 5.97. The van der Waals surface area contributed by atoms with Gasteiger partial charge in [-0.15, -0.1) is 0 Å². The fourth-order valence-electron chi connectivity index (χ4n) is 5.86. The molecule has 0 radical (unpaired) electrons. The van der Waals surface area contributed by atoms with E-state index in [4.69, 9.17) is 4.74 Å². The first-order chi connectivity index (χ1) is 11.0. The van der Waals surface area contributed by atoms with E-state index in [1.807, 2.05) is 6.08 Å². The van der Waals surface area contributed by atoms with Gasteiger partial charge in [-0.05, 0) is 71.8 Å². The van der Waals surface area contributed by atoms with Crippen molar-refractivity contribution in [3.63, 3.8) is 0 Å². The Morgan fingerprint density at radius 2 is 2.00 bits per heavy atom. The molecule has 4 rings (SSSR count). The van der Waals surface area contributed by atoms with E-state index >= 15 is 0 Å². The number of allylic oxidation sites excluding steroid dienone is 2. The molecule has 1 aromatic carbocycles. The van der Waals surface area contributed by atoms with E-state index in [0.717, 1.165) is 18.6 Å². The number of hydrogen-bond donors (Lipinski definition) is 0. The van der Waals surface area contributed by atoms with Crippen molar-refractivity contribution in [2.75, 3.05) is 7.11 Å². The topological polar surface area (TPSA) is 26.3 Å². The summed E-state index contributed by atoms with van der Waals surface area (Å²) >= 11 is 0. The number of hydrogen-bond acceptors (Lipinski definition) is 2. The van der Waals surface area contributed by atoms with Crippen LogP contribution in [-0.4, -0.2) is 12.9 Å². The molecule has 1 aromatic rings. The zero-order chi connectivity index (χ0) is 16.4. The summed E-state index contributed by atoms with van der Waals surface area (Å²) in [6.45, 7) is 6.91. The lowest BCUT2D eigenvalue weighted by molar-refractivity contribution is -0.129. The van der Waals surface area contributed by atoms with Crippen molar-refractivity contribution in [1.29, 1.82) is 0 Å². The van der Waals surface area contributed by atoms with Crippen LogP contribution in [0.5, 0.6) is 5.75 Å². The second-order valence-corrected chi connectivity index (χ2v) is 8.20. The van der Waals surface area contributed by atoms with Gasteiger partial charge in [0.2, 0.25) is 0 Å². The predicted molar refractivity (Wildman–Crippen MR) is 91.6 cm³/mol. The summed E-state index contributed by atoms with van der Waals surface area (Å²) in [6.07, 6.45) is 6.17. The van der Waals surface area contributed by atoms with E-state index in [1.54, 1.807) is 7.11 Å². The van der Waals surface area contributed by atoms with Gasteiger partial charge in [-0.25, -0.2) is 0 Å². The number of rotatable bonds is 1. The van der Waals surface area contributed by atoms with Crippen molar-refractivity contribution >= 4 is 5.78 Å². The number of methoxy groups -OCH3 is 1. The van der Waals surface area contributed by atoms with Crippen molar-refractivity contribution < 1.29 is 9.53 Å². The van der Waals surface area contributed by atoms with Gasteiger partial charge in [0.1, 0.15) is 5.75 Å². The maximum Gasteiger partial charge on any atom is 0.161 e. The number of ketones is 1. The highest BCUT2D eigenvalue weighted by Gasteiger charge is 2.56. The first-order valence-electron chi connectivity index (χ1n) is 8.85. The normalized spacial score (nSPS) is 41.2. The molecular formula is C21H26O2. The largest absolute Gasteiger partial charge is 0.497 e. The second kappa shape index (κ2) is 4.96. The average molecular weight is 310 g/mol. The van der Waals surface area contributed by atoms with Crippen molar-refractivity contribution in [2.24, 2.45) is 29.1 Å². The fourth-order valence-corrected chi connectivity index (χ4v) is 5.86. The minimum Gasteiger partial charge on any atom is -0.497 e. The molecule has 0 heterocycles. The SMILES string of the molecule is COc1ccc2c(c1)C[C@@H](C)C1C2C(C)C[C@]2(C)C(=O)C=CC12. The van der Waals surface area contributed by atoms with E-state index in [1.165, 1.54) is 11.1 Å². The first-order valence-corrected chi connectivity index (χ1v) is 8.85. The highest BCUT2D eigenvalue weighted by atomic mass is 16.5. The predicted octanol–water partition coefficient (Wildman–Crippen LogP) is 4.39. The molecule has 1 fully saturated rings. The van der Waals surface area contributed by atoms with Gasteiger partial charge in [-0.1, -0.05) is 32.9 Å². The summed E-state index contributed by atoms with van der Waals surface area (Å²) in [5.74, 6) is 3.99. The molecule has 0 N–H and O–H groups in total. The Balaban J connectivity index is 1.81. The molecule has 0 bridgehead atoms. The lowest BCUT2D eigenvalue weighted by Gasteiger charge is -2.53. The Bertz CT molecular complexity index is 689. The fraction of sp³-hybridized carbons (Fsp3) is 0.571. The molecule has 122 valence electrons. The Morgan fingerprint density at radius 3 is 2.74 bits per heavy atom. The summed E-state index contributed by atoms with van der Waals surface area (Å²) < 4.78 is 5.42. The molecule has 23 heavy (non-hydrogen) atoms. The van der Waals surface area contributed by atoms with Gasteiger partial charge < -0.3 is 4.74 Å². The van der Waals surface area contributed by atoms with Crippen molar-refractivity contribution in [3.05, 3.63) is 41.5 Å². The van der Waals surface area contributed by atoms with Crippen LogP contribution in [0.3, 0.4) is 0 Å². The van der Waals surface area contributed by atoms with Crippen LogP contribution < -0.4 is 4.74 Å². The third kappa shape index (κ3) is 1.96. The standard InChI is InChI=1S/C21H26O2/c1-12-9-14-10-15(23-4)5-6-16(14)19-13(2)11-21(3)17(20(12)19)7-8-18(21)22/h5-8,10,12-13,17,19-20H,9,11H2,1-4H3/t12-,13?,17?,19?,20?,21+/m1/s1. The van der Waals surface area contributed by atoms with Gasteiger partial charge in [0.15, 0.2) is 5.78 Å². The molecular weight excluding hydrogens is 284 g/mol. The molecule has 0 aromatic heterocycles. The lowest BCUT2D eigenvalue weighted by Crippen LogP contribution is -2.49. The second-order valence-electron chi connectivity index (χ2n) is 8.20. The highest BCUT2D eigenvalue weighted by Crippen LogP contribution is 2.61. The van der Waals surface area contributed by atoms with Gasteiger partial charge in [0.05, 0.1) is 7.11 Å². The van der Waals surface area contributed by atoms with Crippen LogP contribution in [0.1, 0.15) is 44.2 Å². The van der Waals surface area contributed by atoms with E-state index < -0.39 is 0 Å². The lowest BCUT2D eigenvalue weighted by atomic mass is 9.50. The number of benzene rings is 1. The van der Waals surface area contributed by atoms with Gasteiger partial charge in [0, 0.05) is 5.41 Å². The molecule has 2 heteroatoms. The quantitative estimate of drug-likeness (QED) is 0.769. The van der Waals surface area contributed by atoms with Gasteiger partial charge in [-0.2, -0.15) is 0 Å². The van der Waals surface area contributed by atoms with E-state index in [9.17, 15) is 4.79 Å². The number of carbonyl (C=O) groups excluding carboxylic acids is 1. The summed E-state index contributed by atoms with van der Waals surface area (Å²) in [4.78, 5) is 12.5. The first kappa shape index (κ1) is 15.0. The number of ether oxygens (including phenoxy) is 1. The molecule has 4 unspecified atom stereocenters. The molecule has 0 aliphatic heterocycles. The Labute approximate surface area is 138 Å². The van der Waals surface area contributed by atoms with E-state index in [-0.39, 0.29) is 5.41 Å². The molecule has 3 aliphatic rings. The van der Waals surface area contributed by atoms with Crippen LogP contribution in [0.15, 0.2) is 30.4 Å². The molecule has 0 spiro atoms. The van der Waals surface area contributed by atoms with E-state index in [2.05, 4.69) is 45.0 Å². The zero-order valence-corrected chi connectivity index (χ0v) is 14.5. The van der Waals surface area contributed by atoms with Crippen LogP contribution >= 0.6 is 0 Å². The van der Waals surface area contributed by atoms with Crippen LogP contribution in [0, 0.1) is 29.1 Å². The number of fused-ring (bicyclic) bond motifs is 5. The van der Waals surface area contributed by atoms with Gasteiger partial charge >= 0.3 is 0 Å². The van der Waals surface area contributed by atoms with Crippen LogP contribution in [0.2, 0.25) is 0 Å². The van der Waals surface area contributed by atoms with Crippen LogP contribution in [0.25, 0.3) is 0 Å². The molecule has 3 aliphatic carbocycles.